The molecule has 0 spiro atoms. The maximum Gasteiger partial charge on any atom is 0.240 e. The van der Waals surface area contributed by atoms with Crippen molar-refractivity contribution in [2.75, 3.05) is 32.8 Å². The Balaban J connectivity index is 1.52. The molecule has 2 N–H and O–H groups in total. The minimum atomic E-state index is -3.55. The lowest BCUT2D eigenvalue weighted by atomic mass is 9.99. The average Bonchev–Trinajstić information content (AvgIpc) is 2.69. The Morgan fingerprint density at radius 2 is 1.78 bits per heavy atom. The Morgan fingerprint density at radius 1 is 1.07 bits per heavy atom. The fraction of sp³-hybridized carbons (Fsp3) is 0.400. The summed E-state index contributed by atoms with van der Waals surface area (Å²) in [6, 6.07) is 15.7. The highest BCUT2D eigenvalue weighted by molar-refractivity contribution is 7.89. The van der Waals surface area contributed by atoms with Crippen LogP contribution in [0.25, 0.3) is 0 Å². The lowest BCUT2D eigenvalue weighted by molar-refractivity contribution is 0.122. The maximum absolute atomic E-state index is 12.5. The molecule has 1 fully saturated rings. The zero-order chi connectivity index (χ0) is 19.1. The van der Waals surface area contributed by atoms with Crippen LogP contribution in [-0.4, -0.2) is 51.2 Å². The number of likely N-dealkylation sites (tertiary alicyclic amines) is 1. The van der Waals surface area contributed by atoms with Gasteiger partial charge in [-0.2, -0.15) is 0 Å². The smallest absolute Gasteiger partial charge is 0.240 e. The van der Waals surface area contributed by atoms with Crippen molar-refractivity contribution in [2.24, 2.45) is 5.92 Å². The van der Waals surface area contributed by atoms with Gasteiger partial charge in [-0.05, 0) is 61.7 Å². The summed E-state index contributed by atoms with van der Waals surface area (Å²) < 4.78 is 33.2. The normalized spacial score (nSPS) is 18.3. The Bertz CT molecular complexity index is 810. The molecule has 6 nitrogen and oxygen atoms in total. The number of piperidine rings is 1. The summed E-state index contributed by atoms with van der Waals surface area (Å²) >= 11 is 0. The fourth-order valence-corrected chi connectivity index (χ4v) is 4.26. The molecule has 7 heteroatoms. The number of nitrogens with zero attached hydrogens (tertiary/aromatic N) is 1. The molecule has 146 valence electrons. The van der Waals surface area contributed by atoms with Gasteiger partial charge in [-0.3, -0.25) is 0 Å². The second-order valence-electron chi connectivity index (χ2n) is 6.78. The third-order valence-corrected chi connectivity index (χ3v) is 6.17. The molecule has 0 saturated carbocycles. The van der Waals surface area contributed by atoms with E-state index >= 15 is 0 Å². The zero-order valence-corrected chi connectivity index (χ0v) is 16.1. The molecule has 2 aromatic rings. The van der Waals surface area contributed by atoms with Crippen molar-refractivity contribution in [3.8, 4) is 11.5 Å². The highest BCUT2D eigenvalue weighted by Crippen LogP contribution is 2.22. The van der Waals surface area contributed by atoms with Gasteiger partial charge in [0.2, 0.25) is 10.0 Å². The first-order valence-corrected chi connectivity index (χ1v) is 10.7. The second-order valence-corrected chi connectivity index (χ2v) is 8.54. The van der Waals surface area contributed by atoms with Gasteiger partial charge in [0.25, 0.3) is 0 Å². The van der Waals surface area contributed by atoms with Crippen LogP contribution < -0.4 is 9.46 Å². The Hall–Kier alpha value is -1.93. The predicted molar refractivity (Wildman–Crippen MR) is 104 cm³/mol. The van der Waals surface area contributed by atoms with Gasteiger partial charge >= 0.3 is 0 Å². The first kappa shape index (κ1) is 19.8. The van der Waals surface area contributed by atoms with E-state index in [0.717, 1.165) is 25.9 Å². The third-order valence-electron chi connectivity index (χ3n) is 4.69. The first-order valence-electron chi connectivity index (χ1n) is 9.23. The summed E-state index contributed by atoms with van der Waals surface area (Å²) in [5.41, 5.74) is 0. The fourth-order valence-electron chi connectivity index (χ4n) is 3.24. The average molecular weight is 391 g/mol. The number of aliphatic hydroxyl groups excluding tert-OH is 1. The topological polar surface area (TPSA) is 78.9 Å². The molecule has 1 aliphatic heterocycles. The summed E-state index contributed by atoms with van der Waals surface area (Å²) in [5, 5.41) is 9.28. The van der Waals surface area contributed by atoms with Gasteiger partial charge in [-0.15, -0.1) is 0 Å². The largest absolute Gasteiger partial charge is 0.457 e. The van der Waals surface area contributed by atoms with E-state index in [-0.39, 0.29) is 11.5 Å². The van der Waals surface area contributed by atoms with Gasteiger partial charge in [0.15, 0.2) is 0 Å². The van der Waals surface area contributed by atoms with E-state index in [4.69, 9.17) is 4.74 Å². The van der Waals surface area contributed by atoms with Crippen LogP contribution >= 0.6 is 0 Å². The lowest BCUT2D eigenvalue weighted by Crippen LogP contribution is -2.41. The van der Waals surface area contributed by atoms with Crippen LogP contribution in [0.15, 0.2) is 59.5 Å². The van der Waals surface area contributed by atoms with Gasteiger partial charge in [0.1, 0.15) is 11.5 Å². The molecule has 0 amide bonds. The van der Waals surface area contributed by atoms with Gasteiger partial charge in [0.05, 0.1) is 4.90 Å². The van der Waals surface area contributed by atoms with Gasteiger partial charge in [-0.1, -0.05) is 18.2 Å². The van der Waals surface area contributed by atoms with Crippen molar-refractivity contribution >= 4 is 10.0 Å². The first-order chi connectivity index (χ1) is 13.1. The molecule has 0 aliphatic carbocycles. The minimum absolute atomic E-state index is 0.194. The Labute approximate surface area is 160 Å². The molecule has 1 atom stereocenters. The SMILES string of the molecule is O=S(=O)(NCCN1CCC[C@H](CO)C1)c1ccc(Oc2ccccc2)cc1. The summed E-state index contributed by atoms with van der Waals surface area (Å²) in [6.45, 7) is 2.96. The molecule has 27 heavy (non-hydrogen) atoms. The van der Waals surface area contributed by atoms with E-state index in [1.807, 2.05) is 30.3 Å². The van der Waals surface area contributed by atoms with Gasteiger partial charge in [-0.25, -0.2) is 13.1 Å². The highest BCUT2D eigenvalue weighted by Gasteiger charge is 2.20. The maximum atomic E-state index is 12.5. The minimum Gasteiger partial charge on any atom is -0.457 e. The molecule has 1 heterocycles. The lowest BCUT2D eigenvalue weighted by Gasteiger charge is -2.31. The second kappa shape index (κ2) is 9.32. The summed E-state index contributed by atoms with van der Waals surface area (Å²) in [5.74, 6) is 1.59. The number of aliphatic hydroxyl groups is 1. The molecule has 0 unspecified atom stereocenters. The molecular formula is C20H26N2O4S. The molecule has 1 aliphatic rings. The monoisotopic (exact) mass is 390 g/mol. The van der Waals surface area contributed by atoms with Crippen molar-refractivity contribution in [3.63, 3.8) is 0 Å². The van der Waals surface area contributed by atoms with Crippen molar-refractivity contribution in [3.05, 3.63) is 54.6 Å². The number of sulfonamides is 1. The van der Waals surface area contributed by atoms with Crippen LogP contribution in [0, 0.1) is 5.92 Å². The molecule has 2 aromatic carbocycles. The molecular weight excluding hydrogens is 364 g/mol. The van der Waals surface area contributed by atoms with Gasteiger partial charge < -0.3 is 14.7 Å². The van der Waals surface area contributed by atoms with E-state index in [0.29, 0.717) is 30.5 Å². The van der Waals surface area contributed by atoms with E-state index in [2.05, 4.69) is 9.62 Å². The van der Waals surface area contributed by atoms with Gasteiger partial charge in [0, 0.05) is 26.2 Å². The third kappa shape index (κ3) is 5.77. The summed E-state index contributed by atoms with van der Waals surface area (Å²) in [7, 11) is -3.55. The van der Waals surface area contributed by atoms with Crippen LogP contribution in [0.3, 0.4) is 0 Å². The highest BCUT2D eigenvalue weighted by atomic mass is 32.2. The van der Waals surface area contributed by atoms with Crippen LogP contribution in [-0.2, 0) is 10.0 Å². The summed E-state index contributed by atoms with van der Waals surface area (Å²) in [6.07, 6.45) is 2.08. The molecule has 3 rings (SSSR count). The quantitative estimate of drug-likeness (QED) is 0.724. The van der Waals surface area contributed by atoms with Crippen LogP contribution in [0.5, 0.6) is 11.5 Å². The van der Waals surface area contributed by atoms with Crippen LogP contribution in [0.1, 0.15) is 12.8 Å². The van der Waals surface area contributed by atoms with Crippen LogP contribution in [0.4, 0.5) is 0 Å². The number of para-hydroxylation sites is 1. The van der Waals surface area contributed by atoms with Crippen molar-refractivity contribution in [1.82, 2.24) is 9.62 Å². The van der Waals surface area contributed by atoms with Crippen LogP contribution in [0.2, 0.25) is 0 Å². The van der Waals surface area contributed by atoms with Crippen molar-refractivity contribution < 1.29 is 18.3 Å². The molecule has 0 aromatic heterocycles. The van der Waals surface area contributed by atoms with Crippen molar-refractivity contribution in [2.45, 2.75) is 17.7 Å². The van der Waals surface area contributed by atoms with E-state index in [1.54, 1.807) is 24.3 Å². The number of hydrogen-bond acceptors (Lipinski definition) is 5. The molecule has 1 saturated heterocycles. The predicted octanol–water partition coefficient (Wildman–Crippen LogP) is 2.46. The molecule has 0 radical (unpaired) electrons. The zero-order valence-electron chi connectivity index (χ0n) is 15.3. The number of hydrogen-bond donors (Lipinski definition) is 2. The standard InChI is InChI=1S/C20H26N2O4S/c23-16-17-5-4-13-22(15-17)14-12-21-27(24,25)20-10-8-19(9-11-20)26-18-6-2-1-3-7-18/h1-3,6-11,17,21,23H,4-5,12-16H2/t17-/m0/s1. The number of benzene rings is 2. The number of rotatable bonds is 8. The van der Waals surface area contributed by atoms with E-state index in [1.165, 1.54) is 0 Å². The van der Waals surface area contributed by atoms with Crippen molar-refractivity contribution in [1.29, 1.82) is 0 Å². The van der Waals surface area contributed by atoms with E-state index < -0.39 is 10.0 Å². The summed E-state index contributed by atoms with van der Waals surface area (Å²) in [4.78, 5) is 2.42. The van der Waals surface area contributed by atoms with E-state index in [9.17, 15) is 13.5 Å². The number of nitrogens with one attached hydrogen (secondary N) is 1. The number of ether oxygens (including phenoxy) is 1. The molecule has 0 bridgehead atoms. The Morgan fingerprint density at radius 3 is 2.48 bits per heavy atom. The Kier molecular flexibility index (Phi) is 6.84.